The normalized spacial score (nSPS) is 15.3. The van der Waals surface area contributed by atoms with E-state index in [2.05, 4.69) is 22.4 Å². The molecule has 0 radical (unpaired) electrons. The Morgan fingerprint density at radius 3 is 2.66 bits per heavy atom. The summed E-state index contributed by atoms with van der Waals surface area (Å²) in [5, 5.41) is 6.57. The molecule has 0 bridgehead atoms. The van der Waals surface area contributed by atoms with E-state index in [9.17, 15) is 4.79 Å². The average molecular weight is 471 g/mol. The standard InChI is InChI=1S/C25H27ClN2O3S/c1-2-31-20-9-7-18(8-10-20)25(11-13-30-14-12-25)17-27-23(29)15-19-16-32-24(28-19)21-5-3-4-6-22(21)26/h3-10,16H,2,11-15,17H2,1H3,(H,27,29). The maximum atomic E-state index is 12.8. The number of thiazole rings is 1. The molecule has 2 aromatic carbocycles. The molecule has 1 fully saturated rings. The summed E-state index contributed by atoms with van der Waals surface area (Å²) in [6.45, 7) is 4.57. The van der Waals surface area contributed by atoms with Crippen molar-refractivity contribution in [1.29, 1.82) is 0 Å². The van der Waals surface area contributed by atoms with Crippen LogP contribution in [-0.2, 0) is 21.4 Å². The van der Waals surface area contributed by atoms with E-state index in [1.54, 1.807) is 0 Å². The van der Waals surface area contributed by atoms with Crippen molar-refractivity contribution in [3.05, 3.63) is 70.2 Å². The van der Waals surface area contributed by atoms with E-state index in [4.69, 9.17) is 21.1 Å². The number of ether oxygens (including phenoxy) is 2. The number of nitrogens with one attached hydrogen (secondary N) is 1. The lowest BCUT2D eigenvalue weighted by Gasteiger charge is -2.38. The molecule has 3 aromatic rings. The molecule has 1 aromatic heterocycles. The summed E-state index contributed by atoms with van der Waals surface area (Å²) in [7, 11) is 0. The smallest absolute Gasteiger partial charge is 0.226 e. The lowest BCUT2D eigenvalue weighted by atomic mass is 9.74. The van der Waals surface area contributed by atoms with Crippen molar-refractivity contribution in [3.8, 4) is 16.3 Å². The van der Waals surface area contributed by atoms with Crippen LogP contribution in [-0.4, -0.2) is 37.3 Å². The molecule has 168 valence electrons. The van der Waals surface area contributed by atoms with Gasteiger partial charge in [-0.2, -0.15) is 0 Å². The molecular formula is C25H27ClN2O3S. The topological polar surface area (TPSA) is 60.5 Å². The number of carbonyl (C=O) groups excluding carboxylic acids is 1. The van der Waals surface area contributed by atoms with Gasteiger partial charge in [-0.3, -0.25) is 4.79 Å². The predicted molar refractivity (Wildman–Crippen MR) is 129 cm³/mol. The molecule has 1 saturated heterocycles. The first-order chi connectivity index (χ1) is 15.6. The summed E-state index contributed by atoms with van der Waals surface area (Å²) < 4.78 is 11.2. The van der Waals surface area contributed by atoms with Crippen LogP contribution in [0.4, 0.5) is 0 Å². The predicted octanol–water partition coefficient (Wildman–Crippen LogP) is 5.27. The van der Waals surface area contributed by atoms with Crippen LogP contribution in [0, 0.1) is 0 Å². The number of hydrogen-bond acceptors (Lipinski definition) is 5. The Hall–Kier alpha value is -2.41. The zero-order valence-electron chi connectivity index (χ0n) is 18.1. The molecule has 1 amide bonds. The molecule has 2 heterocycles. The Balaban J connectivity index is 1.41. The minimum absolute atomic E-state index is 0.0298. The van der Waals surface area contributed by atoms with Gasteiger partial charge in [0.15, 0.2) is 0 Å². The zero-order valence-corrected chi connectivity index (χ0v) is 19.7. The summed E-state index contributed by atoms with van der Waals surface area (Å²) in [6.07, 6.45) is 1.99. The average Bonchev–Trinajstić information content (AvgIpc) is 3.27. The zero-order chi connectivity index (χ0) is 22.4. The van der Waals surface area contributed by atoms with Gasteiger partial charge in [0.05, 0.1) is 23.7 Å². The van der Waals surface area contributed by atoms with Gasteiger partial charge < -0.3 is 14.8 Å². The van der Waals surface area contributed by atoms with Crippen LogP contribution in [0.1, 0.15) is 31.0 Å². The lowest BCUT2D eigenvalue weighted by molar-refractivity contribution is -0.121. The second-order valence-electron chi connectivity index (χ2n) is 7.93. The van der Waals surface area contributed by atoms with Crippen LogP contribution < -0.4 is 10.1 Å². The Labute approximate surface area is 197 Å². The van der Waals surface area contributed by atoms with Crippen molar-refractivity contribution in [1.82, 2.24) is 10.3 Å². The van der Waals surface area contributed by atoms with Crippen LogP contribution in [0.25, 0.3) is 10.6 Å². The molecule has 7 heteroatoms. The minimum atomic E-state index is -0.135. The van der Waals surface area contributed by atoms with Gasteiger partial charge >= 0.3 is 0 Å². The Bertz CT molecular complexity index is 1050. The molecule has 32 heavy (non-hydrogen) atoms. The number of halogens is 1. The van der Waals surface area contributed by atoms with E-state index in [0.717, 1.165) is 34.9 Å². The number of carbonyl (C=O) groups is 1. The quantitative estimate of drug-likeness (QED) is 0.487. The van der Waals surface area contributed by atoms with Crippen molar-refractivity contribution < 1.29 is 14.3 Å². The van der Waals surface area contributed by atoms with Gasteiger partial charge in [0, 0.05) is 36.1 Å². The van der Waals surface area contributed by atoms with E-state index < -0.39 is 0 Å². The van der Waals surface area contributed by atoms with E-state index >= 15 is 0 Å². The first-order valence-corrected chi connectivity index (χ1v) is 12.1. The van der Waals surface area contributed by atoms with E-state index in [1.165, 1.54) is 16.9 Å². The molecule has 1 N–H and O–H groups in total. The Morgan fingerprint density at radius 2 is 1.94 bits per heavy atom. The highest BCUT2D eigenvalue weighted by Gasteiger charge is 2.35. The monoisotopic (exact) mass is 470 g/mol. The van der Waals surface area contributed by atoms with Crippen LogP contribution in [0.2, 0.25) is 5.02 Å². The molecule has 0 atom stereocenters. The molecule has 1 aliphatic rings. The Morgan fingerprint density at radius 1 is 1.19 bits per heavy atom. The maximum Gasteiger partial charge on any atom is 0.226 e. The highest BCUT2D eigenvalue weighted by atomic mass is 35.5. The van der Waals surface area contributed by atoms with Crippen LogP contribution in [0.15, 0.2) is 53.9 Å². The van der Waals surface area contributed by atoms with Gasteiger partial charge in [-0.15, -0.1) is 11.3 Å². The second kappa shape index (κ2) is 10.5. The number of rotatable bonds is 8. The summed E-state index contributed by atoms with van der Waals surface area (Å²) in [5.41, 5.74) is 2.72. The fourth-order valence-corrected chi connectivity index (χ4v) is 5.18. The summed E-state index contributed by atoms with van der Waals surface area (Å²) in [5.74, 6) is 0.832. The van der Waals surface area contributed by atoms with Gasteiger partial charge in [-0.25, -0.2) is 4.98 Å². The van der Waals surface area contributed by atoms with Gasteiger partial charge in [-0.1, -0.05) is 41.9 Å². The summed E-state index contributed by atoms with van der Waals surface area (Å²) in [6, 6.07) is 15.8. The first-order valence-electron chi connectivity index (χ1n) is 10.9. The molecule has 0 saturated carbocycles. The lowest BCUT2D eigenvalue weighted by Crippen LogP contribution is -2.45. The first kappa shape index (κ1) is 22.8. The number of benzene rings is 2. The largest absolute Gasteiger partial charge is 0.494 e. The van der Waals surface area contributed by atoms with E-state index in [0.29, 0.717) is 31.4 Å². The van der Waals surface area contributed by atoms with Gasteiger partial charge in [0.1, 0.15) is 10.8 Å². The SMILES string of the molecule is CCOc1ccc(C2(CNC(=O)Cc3csc(-c4ccccc4Cl)n3)CCOCC2)cc1. The molecule has 5 nitrogen and oxygen atoms in total. The number of aromatic nitrogens is 1. The maximum absolute atomic E-state index is 12.8. The molecule has 0 unspecified atom stereocenters. The van der Waals surface area contributed by atoms with Crippen LogP contribution in [0.5, 0.6) is 5.75 Å². The minimum Gasteiger partial charge on any atom is -0.494 e. The van der Waals surface area contributed by atoms with Gasteiger partial charge in [0.2, 0.25) is 5.91 Å². The highest BCUT2D eigenvalue weighted by Crippen LogP contribution is 2.35. The fraction of sp³-hybridized carbons (Fsp3) is 0.360. The van der Waals surface area contributed by atoms with E-state index in [1.807, 2.05) is 48.7 Å². The molecular weight excluding hydrogens is 444 g/mol. The number of hydrogen-bond donors (Lipinski definition) is 1. The van der Waals surface area contributed by atoms with Crippen molar-refractivity contribution in [2.24, 2.45) is 0 Å². The Kier molecular flexibility index (Phi) is 7.45. The second-order valence-corrected chi connectivity index (χ2v) is 9.19. The van der Waals surface area contributed by atoms with Crippen molar-refractivity contribution in [2.75, 3.05) is 26.4 Å². The highest BCUT2D eigenvalue weighted by molar-refractivity contribution is 7.13. The third kappa shape index (κ3) is 5.31. The van der Waals surface area contributed by atoms with Gasteiger partial charge in [0.25, 0.3) is 0 Å². The fourth-order valence-electron chi connectivity index (χ4n) is 4.04. The molecule has 1 aliphatic heterocycles. The molecule has 0 spiro atoms. The third-order valence-electron chi connectivity index (χ3n) is 5.85. The van der Waals surface area contributed by atoms with Crippen molar-refractivity contribution >= 4 is 28.8 Å². The van der Waals surface area contributed by atoms with Gasteiger partial charge in [-0.05, 0) is 43.5 Å². The summed E-state index contributed by atoms with van der Waals surface area (Å²) >= 11 is 7.78. The summed E-state index contributed by atoms with van der Waals surface area (Å²) in [4.78, 5) is 17.4. The number of amides is 1. The third-order valence-corrected chi connectivity index (χ3v) is 7.10. The molecule has 4 rings (SSSR count). The molecule has 0 aliphatic carbocycles. The van der Waals surface area contributed by atoms with Crippen LogP contribution in [0.3, 0.4) is 0 Å². The number of nitrogens with zero attached hydrogens (tertiary/aromatic N) is 1. The van der Waals surface area contributed by atoms with E-state index in [-0.39, 0.29) is 17.7 Å². The van der Waals surface area contributed by atoms with Crippen molar-refractivity contribution in [2.45, 2.75) is 31.6 Å². The van der Waals surface area contributed by atoms with Crippen molar-refractivity contribution in [3.63, 3.8) is 0 Å². The van der Waals surface area contributed by atoms with Crippen LogP contribution >= 0.6 is 22.9 Å².